The van der Waals surface area contributed by atoms with Gasteiger partial charge in [-0.15, -0.1) is 0 Å². The first-order valence-corrected chi connectivity index (χ1v) is 10.7. The van der Waals surface area contributed by atoms with E-state index in [1.54, 1.807) is 18.2 Å². The predicted molar refractivity (Wildman–Crippen MR) is 119 cm³/mol. The number of hydrogen-bond acceptors (Lipinski definition) is 3. The number of fused-ring (bicyclic) bond motifs is 1. The lowest BCUT2D eigenvalue weighted by molar-refractivity contribution is -0.137. The summed E-state index contributed by atoms with van der Waals surface area (Å²) in [6.07, 6.45) is -4.41. The number of nitrogens with one attached hydrogen (secondary N) is 2. The molecule has 1 aromatic heterocycles. The zero-order valence-corrected chi connectivity index (χ0v) is 18.6. The highest BCUT2D eigenvalue weighted by atomic mass is 35.5. The monoisotopic (exact) mass is 496 g/mol. The molecule has 4 rings (SSSR count). The molecule has 0 aliphatic carbocycles. The lowest BCUT2D eigenvalue weighted by Crippen LogP contribution is -2.24. The van der Waals surface area contributed by atoms with Gasteiger partial charge in [-0.25, -0.2) is 4.68 Å². The lowest BCUT2D eigenvalue weighted by atomic mass is 10.0. The topological polar surface area (TPSA) is 76.0 Å². The number of rotatable bonds is 5. The molecule has 33 heavy (non-hydrogen) atoms. The fraction of sp³-hybridized carbons (Fsp3) is 0.227. The highest BCUT2D eigenvalue weighted by Gasteiger charge is 2.37. The van der Waals surface area contributed by atoms with Crippen LogP contribution in [-0.2, 0) is 22.2 Å². The largest absolute Gasteiger partial charge is 0.417 e. The van der Waals surface area contributed by atoms with Crippen molar-refractivity contribution in [2.75, 3.05) is 10.6 Å². The number of carbonyl (C=O) groups excluding carboxylic acids is 2. The van der Waals surface area contributed by atoms with Crippen LogP contribution >= 0.6 is 23.2 Å². The highest BCUT2D eigenvalue weighted by molar-refractivity contribution is 6.31. The van der Waals surface area contributed by atoms with Crippen molar-refractivity contribution in [3.63, 3.8) is 0 Å². The molecule has 2 amide bonds. The standard InChI is InChI=1S/C22H17Cl2F3N4O2/c1-2-16-19(11-4-3-5-12(23)8-11)20-29-21(33)17(31(20)30-16)10-18(32)28-13-6-7-15(24)14(9-13)22(25,26)27/h3-9,17H,2,10H2,1H3,(H,28,32)(H,29,33). The van der Waals surface area contributed by atoms with E-state index in [4.69, 9.17) is 23.2 Å². The van der Waals surface area contributed by atoms with Crippen molar-refractivity contribution in [2.45, 2.75) is 32.0 Å². The number of anilines is 2. The molecule has 2 aromatic carbocycles. The summed E-state index contributed by atoms with van der Waals surface area (Å²) >= 11 is 11.7. The van der Waals surface area contributed by atoms with Crippen LogP contribution in [0.5, 0.6) is 0 Å². The lowest BCUT2D eigenvalue weighted by Gasteiger charge is -2.13. The molecule has 1 aliphatic rings. The normalized spacial score (nSPS) is 15.3. The molecular weight excluding hydrogens is 480 g/mol. The van der Waals surface area contributed by atoms with Gasteiger partial charge in [0.2, 0.25) is 5.91 Å². The molecule has 0 saturated heterocycles. The second kappa shape index (κ2) is 8.72. The second-order valence-electron chi connectivity index (χ2n) is 7.43. The summed E-state index contributed by atoms with van der Waals surface area (Å²) in [5, 5.41) is 9.72. The second-order valence-corrected chi connectivity index (χ2v) is 8.27. The maximum Gasteiger partial charge on any atom is 0.417 e. The first-order chi connectivity index (χ1) is 15.6. The molecule has 0 spiro atoms. The molecular formula is C22H17Cl2F3N4O2. The van der Waals surface area contributed by atoms with Gasteiger partial charge in [-0.05, 0) is 42.3 Å². The number of nitrogens with zero attached hydrogens (tertiary/aromatic N) is 2. The summed E-state index contributed by atoms with van der Waals surface area (Å²) in [6.45, 7) is 1.91. The smallest absolute Gasteiger partial charge is 0.326 e. The molecule has 0 bridgehead atoms. The van der Waals surface area contributed by atoms with E-state index in [0.717, 1.165) is 17.7 Å². The Morgan fingerprint density at radius 3 is 2.64 bits per heavy atom. The van der Waals surface area contributed by atoms with Gasteiger partial charge in [0.15, 0.2) is 0 Å². The van der Waals surface area contributed by atoms with Gasteiger partial charge in [-0.3, -0.25) is 9.59 Å². The molecule has 172 valence electrons. The summed E-state index contributed by atoms with van der Waals surface area (Å²) in [4.78, 5) is 25.2. The molecule has 6 nitrogen and oxygen atoms in total. The average molecular weight is 497 g/mol. The maximum atomic E-state index is 13.1. The van der Waals surface area contributed by atoms with Crippen LogP contribution < -0.4 is 10.6 Å². The van der Waals surface area contributed by atoms with Gasteiger partial charge >= 0.3 is 6.18 Å². The number of benzene rings is 2. The van der Waals surface area contributed by atoms with Gasteiger partial charge in [0.05, 0.1) is 22.7 Å². The number of carbonyl (C=O) groups is 2. The Labute approximate surface area is 196 Å². The Balaban J connectivity index is 1.59. The van der Waals surface area contributed by atoms with E-state index < -0.39 is 34.6 Å². The zero-order valence-electron chi connectivity index (χ0n) is 17.1. The number of hydrogen-bond donors (Lipinski definition) is 2. The molecule has 1 unspecified atom stereocenters. The third-order valence-corrected chi connectivity index (χ3v) is 5.77. The summed E-state index contributed by atoms with van der Waals surface area (Å²) in [5.74, 6) is -0.635. The SMILES string of the molecule is CCc1nn2c(c1-c1cccc(Cl)c1)NC(=O)C2CC(=O)Nc1ccc(Cl)c(C(F)(F)F)c1. The minimum atomic E-state index is -4.67. The van der Waals surface area contributed by atoms with Crippen LogP contribution in [0.15, 0.2) is 42.5 Å². The van der Waals surface area contributed by atoms with Crippen molar-refractivity contribution >= 4 is 46.5 Å². The molecule has 3 aromatic rings. The number of aryl methyl sites for hydroxylation is 1. The van der Waals surface area contributed by atoms with Gasteiger partial charge in [0, 0.05) is 16.3 Å². The van der Waals surface area contributed by atoms with Crippen LogP contribution in [0.25, 0.3) is 11.1 Å². The first-order valence-electron chi connectivity index (χ1n) is 9.93. The van der Waals surface area contributed by atoms with E-state index in [9.17, 15) is 22.8 Å². The van der Waals surface area contributed by atoms with Crippen LogP contribution in [0.4, 0.5) is 24.7 Å². The zero-order chi connectivity index (χ0) is 23.9. The van der Waals surface area contributed by atoms with Gasteiger partial charge < -0.3 is 10.6 Å². The number of alkyl halides is 3. The number of amides is 2. The molecule has 2 N–H and O–H groups in total. The van der Waals surface area contributed by atoms with E-state index in [0.29, 0.717) is 28.5 Å². The van der Waals surface area contributed by atoms with Gasteiger partial charge in [0.25, 0.3) is 5.91 Å². The van der Waals surface area contributed by atoms with E-state index in [-0.39, 0.29) is 12.1 Å². The van der Waals surface area contributed by atoms with Crippen LogP contribution in [0.1, 0.15) is 30.6 Å². The Morgan fingerprint density at radius 1 is 1.21 bits per heavy atom. The summed E-state index contributed by atoms with van der Waals surface area (Å²) in [5.41, 5.74) is 1.05. The quantitative estimate of drug-likeness (QED) is 0.457. The van der Waals surface area contributed by atoms with Crippen LogP contribution in [0.3, 0.4) is 0 Å². The van der Waals surface area contributed by atoms with Crippen LogP contribution in [0, 0.1) is 0 Å². The van der Waals surface area contributed by atoms with Gasteiger partial charge in [-0.1, -0.05) is 42.3 Å². The Kier molecular flexibility index (Phi) is 6.11. The predicted octanol–water partition coefficient (Wildman–Crippen LogP) is 5.96. The fourth-order valence-corrected chi connectivity index (χ4v) is 4.13. The summed E-state index contributed by atoms with van der Waals surface area (Å²) < 4.78 is 40.7. The number of halogens is 5. The van der Waals surface area contributed by atoms with E-state index in [1.165, 1.54) is 10.7 Å². The molecule has 1 aliphatic heterocycles. The minimum absolute atomic E-state index is 0.0790. The van der Waals surface area contributed by atoms with Crippen molar-refractivity contribution in [2.24, 2.45) is 0 Å². The summed E-state index contributed by atoms with van der Waals surface area (Å²) in [6, 6.07) is 9.22. The van der Waals surface area contributed by atoms with Crippen molar-refractivity contribution in [3.05, 3.63) is 63.8 Å². The molecule has 2 heterocycles. The third-order valence-electron chi connectivity index (χ3n) is 5.20. The van der Waals surface area contributed by atoms with Crippen molar-refractivity contribution in [3.8, 4) is 11.1 Å². The van der Waals surface area contributed by atoms with Crippen molar-refractivity contribution < 1.29 is 22.8 Å². The maximum absolute atomic E-state index is 13.1. The van der Waals surface area contributed by atoms with E-state index >= 15 is 0 Å². The molecule has 0 radical (unpaired) electrons. The van der Waals surface area contributed by atoms with Crippen molar-refractivity contribution in [1.29, 1.82) is 0 Å². The van der Waals surface area contributed by atoms with Crippen LogP contribution in [-0.4, -0.2) is 21.6 Å². The fourth-order valence-electron chi connectivity index (χ4n) is 3.72. The average Bonchev–Trinajstić information content (AvgIpc) is 3.24. The van der Waals surface area contributed by atoms with Crippen molar-refractivity contribution in [1.82, 2.24) is 9.78 Å². The van der Waals surface area contributed by atoms with E-state index in [1.807, 2.05) is 13.0 Å². The molecule has 0 saturated carbocycles. The molecule has 0 fully saturated rings. The third kappa shape index (κ3) is 4.56. The first kappa shape index (κ1) is 23.1. The highest BCUT2D eigenvalue weighted by Crippen LogP contribution is 2.40. The Morgan fingerprint density at radius 2 is 1.97 bits per heavy atom. The molecule has 11 heteroatoms. The van der Waals surface area contributed by atoms with E-state index in [2.05, 4.69) is 15.7 Å². The minimum Gasteiger partial charge on any atom is -0.326 e. The molecule has 1 atom stereocenters. The summed E-state index contributed by atoms with van der Waals surface area (Å²) in [7, 11) is 0. The van der Waals surface area contributed by atoms with Crippen LogP contribution in [0.2, 0.25) is 10.0 Å². The van der Waals surface area contributed by atoms with Gasteiger partial charge in [0.1, 0.15) is 11.9 Å². The Hall–Kier alpha value is -3.04. The van der Waals surface area contributed by atoms with Gasteiger partial charge in [-0.2, -0.15) is 18.3 Å². The number of aromatic nitrogens is 2. The Bertz CT molecular complexity index is 1260.